The van der Waals surface area contributed by atoms with E-state index in [1.165, 1.54) is 9.24 Å². The van der Waals surface area contributed by atoms with Gasteiger partial charge in [0.1, 0.15) is 12.0 Å². The second-order valence-corrected chi connectivity index (χ2v) is 15.1. The number of carbonyl (C=O) groups is 1. The molecule has 4 unspecified atom stereocenters. The smallest absolute Gasteiger partial charge is 0.351 e. The number of aromatic nitrogens is 2. The molecule has 1 fully saturated rings. The van der Waals surface area contributed by atoms with Crippen molar-refractivity contribution in [3.8, 4) is 0 Å². The minimum absolute atomic E-state index is 0.116. The molecule has 10 nitrogen and oxygen atoms in total. The zero-order valence-corrected chi connectivity index (χ0v) is 28.7. The highest BCUT2D eigenvalue weighted by Crippen LogP contribution is 2.54. The Morgan fingerprint density at radius 2 is 1.41 bits per heavy atom. The summed E-state index contributed by atoms with van der Waals surface area (Å²) in [4.78, 5) is 30.2. The zero-order valence-electron chi connectivity index (χ0n) is 27.1. The molecule has 6 rings (SSSR count). The van der Waals surface area contributed by atoms with E-state index >= 15 is 0 Å². The molecule has 0 aliphatic carbocycles. The molecule has 2 N–H and O–H groups in total. The van der Waals surface area contributed by atoms with Crippen molar-refractivity contribution in [2.45, 2.75) is 30.3 Å². The van der Waals surface area contributed by atoms with Crippen molar-refractivity contribution in [1.82, 2.24) is 19.5 Å². The highest BCUT2D eigenvalue weighted by molar-refractivity contribution is 7.83. The van der Waals surface area contributed by atoms with E-state index in [4.69, 9.17) is 20.5 Å². The largest absolute Gasteiger partial charge is 0.362 e. The Kier molecular flexibility index (Phi) is 10.6. The maximum Gasteiger partial charge on any atom is 0.362 e. The maximum absolute atomic E-state index is 13.4. The van der Waals surface area contributed by atoms with Gasteiger partial charge in [-0.1, -0.05) is 109 Å². The van der Waals surface area contributed by atoms with E-state index in [0.717, 1.165) is 16.7 Å². The van der Waals surface area contributed by atoms with Crippen molar-refractivity contribution in [2.75, 3.05) is 26.0 Å². The van der Waals surface area contributed by atoms with Gasteiger partial charge in [-0.15, -0.1) is 0 Å². The van der Waals surface area contributed by atoms with Crippen molar-refractivity contribution >= 4 is 29.8 Å². The first-order chi connectivity index (χ1) is 23.7. The highest BCUT2D eigenvalue weighted by atomic mass is 35.7. The van der Waals surface area contributed by atoms with E-state index in [9.17, 15) is 14.2 Å². The zero-order chi connectivity index (χ0) is 34.4. The van der Waals surface area contributed by atoms with Crippen molar-refractivity contribution in [3.63, 3.8) is 0 Å². The molecule has 1 aliphatic heterocycles. The van der Waals surface area contributed by atoms with Crippen LogP contribution in [0.4, 0.5) is 5.82 Å². The first kappa shape index (κ1) is 34.5. The molecule has 1 aliphatic rings. The van der Waals surface area contributed by atoms with Crippen LogP contribution < -0.4 is 16.3 Å². The van der Waals surface area contributed by atoms with Gasteiger partial charge in [0, 0.05) is 24.2 Å². The molecule has 4 aromatic carbocycles. The third-order valence-electron chi connectivity index (χ3n) is 8.55. The van der Waals surface area contributed by atoms with Crippen LogP contribution in [-0.2, 0) is 19.4 Å². The van der Waals surface area contributed by atoms with Crippen LogP contribution in [0.25, 0.3) is 0 Å². The van der Waals surface area contributed by atoms with Crippen molar-refractivity contribution in [1.29, 1.82) is 0 Å². The lowest BCUT2D eigenvalue weighted by Crippen LogP contribution is -2.53. The summed E-state index contributed by atoms with van der Waals surface area (Å²) in [5.41, 5.74) is 1.95. The fourth-order valence-corrected chi connectivity index (χ4v) is 6.79. The number of amides is 1. The van der Waals surface area contributed by atoms with Crippen LogP contribution in [0.3, 0.4) is 0 Å². The minimum atomic E-state index is -3.64. The molecular formula is C37H37ClN5O5P. The summed E-state index contributed by atoms with van der Waals surface area (Å²) in [7, 11) is 3.16. The lowest BCUT2D eigenvalue weighted by molar-refractivity contribution is -0.0252. The molecule has 5 aromatic rings. The van der Waals surface area contributed by atoms with E-state index in [1.807, 2.05) is 60.7 Å². The number of hydrogen-bond acceptors (Lipinski definition) is 7. The normalized spacial score (nSPS) is 19.0. The van der Waals surface area contributed by atoms with Crippen LogP contribution in [0.2, 0.25) is 0 Å². The molecule has 49 heavy (non-hydrogen) atoms. The molecule has 252 valence electrons. The minimum Gasteiger partial charge on any atom is -0.351 e. The van der Waals surface area contributed by atoms with Gasteiger partial charge < -0.3 is 14.6 Å². The van der Waals surface area contributed by atoms with Crippen LogP contribution in [0.1, 0.15) is 39.7 Å². The molecule has 2 heterocycles. The predicted octanol–water partition coefficient (Wildman–Crippen LogP) is 6.66. The Hall–Kier alpha value is -4.41. The number of benzene rings is 4. The number of rotatable bonds is 12. The van der Waals surface area contributed by atoms with E-state index in [1.54, 1.807) is 50.6 Å². The van der Waals surface area contributed by atoms with Crippen molar-refractivity contribution in [3.05, 3.63) is 166 Å². The molecule has 0 spiro atoms. The fraction of sp³-hybridized carbons (Fsp3) is 0.216. The number of ether oxygens (including phenoxy) is 1. The first-order valence-corrected chi connectivity index (χ1v) is 18.3. The average molecular weight is 698 g/mol. The quantitative estimate of drug-likeness (QED) is 0.110. The molecule has 4 atom stereocenters. The SMILES string of the molecule is CN(C)P(=O)(Cl)OCC1OC(n2ccc(NC(=O)c3ccccc3)nc2=O)CC1NC(c1ccccc1)(c1ccccc1)c1ccccc1. The van der Waals surface area contributed by atoms with Gasteiger partial charge in [0.2, 0.25) is 0 Å². The van der Waals surface area contributed by atoms with Gasteiger partial charge >= 0.3 is 12.6 Å². The Morgan fingerprint density at radius 1 is 0.898 bits per heavy atom. The van der Waals surface area contributed by atoms with Crippen molar-refractivity contribution in [2.24, 2.45) is 0 Å². The second-order valence-electron chi connectivity index (χ2n) is 11.9. The third-order valence-corrected chi connectivity index (χ3v) is 11.2. The maximum atomic E-state index is 13.4. The monoisotopic (exact) mass is 697 g/mol. The number of hydrogen-bond donors (Lipinski definition) is 2. The highest BCUT2D eigenvalue weighted by Gasteiger charge is 2.45. The summed E-state index contributed by atoms with van der Waals surface area (Å²) >= 11 is 6.28. The predicted molar refractivity (Wildman–Crippen MR) is 191 cm³/mol. The van der Waals surface area contributed by atoms with Crippen LogP contribution in [0, 0.1) is 0 Å². The summed E-state index contributed by atoms with van der Waals surface area (Å²) < 4.78 is 28.1. The Morgan fingerprint density at radius 3 is 1.90 bits per heavy atom. The van der Waals surface area contributed by atoms with Crippen LogP contribution in [0.5, 0.6) is 0 Å². The number of nitrogens with zero attached hydrogens (tertiary/aromatic N) is 3. The molecule has 1 aromatic heterocycles. The van der Waals surface area contributed by atoms with Crippen molar-refractivity contribution < 1.29 is 18.6 Å². The first-order valence-electron chi connectivity index (χ1n) is 15.8. The summed E-state index contributed by atoms with van der Waals surface area (Å²) in [5, 5.41) is 6.61. The standard InChI is InChI=1S/C37H37ClN5O5P/c1-42(2)49(38,46)47-26-32-31(25-34(48-32)43-24-23-33(40-36(43)45)39-35(44)27-15-7-3-8-16-27)41-37(28-17-9-4-10-18-28,29-19-11-5-12-20-29)30-21-13-6-14-22-30/h3-24,31-32,34,41H,25-26H2,1-2H3,(H,39,40,44,45). The number of anilines is 1. The molecule has 1 saturated heterocycles. The topological polar surface area (TPSA) is 115 Å². The van der Waals surface area contributed by atoms with Gasteiger partial charge in [-0.2, -0.15) is 4.98 Å². The van der Waals surface area contributed by atoms with Gasteiger partial charge in [-0.3, -0.25) is 19.2 Å². The summed E-state index contributed by atoms with van der Waals surface area (Å²) in [5.74, 6) is -0.262. The Bertz CT molecular complexity index is 1870. The van der Waals surface area contributed by atoms with E-state index in [-0.39, 0.29) is 18.3 Å². The molecular weight excluding hydrogens is 661 g/mol. The van der Waals surface area contributed by atoms with Gasteiger partial charge in [0.25, 0.3) is 5.91 Å². The number of nitrogens with one attached hydrogen (secondary N) is 2. The van der Waals surface area contributed by atoms with Gasteiger partial charge in [0.15, 0.2) is 0 Å². The Labute approximate surface area is 290 Å². The van der Waals surface area contributed by atoms with Gasteiger partial charge in [-0.25, -0.2) is 9.46 Å². The van der Waals surface area contributed by atoms with Crippen LogP contribution >= 0.6 is 18.1 Å². The average Bonchev–Trinajstić information content (AvgIpc) is 3.53. The molecule has 12 heteroatoms. The van der Waals surface area contributed by atoms with Crippen LogP contribution in [0.15, 0.2) is 138 Å². The van der Waals surface area contributed by atoms with Crippen LogP contribution in [-0.4, -0.2) is 53.0 Å². The van der Waals surface area contributed by atoms with E-state index < -0.39 is 36.5 Å². The van der Waals surface area contributed by atoms with Gasteiger partial charge in [0.05, 0.1) is 18.2 Å². The lowest BCUT2D eigenvalue weighted by Gasteiger charge is -2.40. The summed E-state index contributed by atoms with van der Waals surface area (Å²) in [6.07, 6.45) is 0.427. The molecule has 0 radical (unpaired) electrons. The lowest BCUT2D eigenvalue weighted by atomic mass is 9.76. The molecule has 0 saturated carbocycles. The summed E-state index contributed by atoms with van der Waals surface area (Å²) in [6, 6.07) is 40.1. The second kappa shape index (κ2) is 15.0. The molecule has 1 amide bonds. The fourth-order valence-electron chi connectivity index (χ4n) is 6.06. The number of halogens is 1. The van der Waals surface area contributed by atoms with Gasteiger partial charge in [-0.05, 0) is 60.2 Å². The van der Waals surface area contributed by atoms with E-state index in [0.29, 0.717) is 12.0 Å². The number of carbonyl (C=O) groups excluding carboxylic acids is 1. The summed E-state index contributed by atoms with van der Waals surface area (Å²) in [6.45, 7) is -3.76. The van der Waals surface area contributed by atoms with E-state index in [2.05, 4.69) is 52.0 Å². The molecule has 0 bridgehead atoms. The Balaban J connectivity index is 1.37. The third kappa shape index (κ3) is 7.60.